The minimum atomic E-state index is -4.98. The van der Waals surface area contributed by atoms with Crippen LogP contribution in [-0.2, 0) is 0 Å². The highest BCUT2D eigenvalue weighted by molar-refractivity contribution is 6.30. The average molecular weight is 325 g/mol. The number of nitrogens with one attached hydrogen (secondary N) is 2. The molecule has 1 aliphatic heterocycles. The standard InChI is InChI=1S/C12H12ClF3N2O3/c1-2-5-17-10(19)18-12(11(14,15)16)20-8-4-3-7(13)6-9(8)21-12/h3-4,6H,2,5H2,1H3,(H2,17,18,19)/t12-/m0/s1. The quantitative estimate of drug-likeness (QED) is 0.898. The number of ether oxygens (including phenoxy) is 2. The van der Waals surface area contributed by atoms with Crippen LogP contribution in [0.5, 0.6) is 11.5 Å². The van der Waals surface area contributed by atoms with Gasteiger partial charge in [0, 0.05) is 17.6 Å². The molecule has 0 saturated heterocycles. The number of hydrogen-bond donors (Lipinski definition) is 2. The Morgan fingerprint density at radius 1 is 1.33 bits per heavy atom. The van der Waals surface area contributed by atoms with Crippen molar-refractivity contribution in [3.05, 3.63) is 23.2 Å². The molecule has 116 valence electrons. The van der Waals surface area contributed by atoms with Crippen LogP contribution in [-0.4, -0.2) is 24.7 Å². The molecule has 1 aromatic carbocycles. The topological polar surface area (TPSA) is 59.6 Å². The van der Waals surface area contributed by atoms with Gasteiger partial charge < -0.3 is 14.8 Å². The van der Waals surface area contributed by atoms with Gasteiger partial charge in [-0.1, -0.05) is 18.5 Å². The molecule has 0 fully saturated rings. The molecule has 0 aromatic heterocycles. The van der Waals surface area contributed by atoms with Gasteiger partial charge in [0.1, 0.15) is 0 Å². The minimum absolute atomic E-state index is 0.160. The van der Waals surface area contributed by atoms with Crippen LogP contribution in [0.4, 0.5) is 18.0 Å². The molecule has 5 nitrogen and oxygen atoms in total. The molecule has 0 spiro atoms. The predicted octanol–water partition coefficient (Wildman–Crippen LogP) is 3.04. The van der Waals surface area contributed by atoms with E-state index in [0.29, 0.717) is 6.42 Å². The molecular formula is C12H12ClF3N2O3. The summed E-state index contributed by atoms with van der Waals surface area (Å²) in [7, 11) is 0. The van der Waals surface area contributed by atoms with Gasteiger partial charge in [-0.15, -0.1) is 0 Å². The van der Waals surface area contributed by atoms with Crippen LogP contribution in [0.1, 0.15) is 13.3 Å². The Labute approximate surface area is 123 Å². The van der Waals surface area contributed by atoms with E-state index in [1.165, 1.54) is 18.2 Å². The summed E-state index contributed by atoms with van der Waals surface area (Å²) >= 11 is 5.69. The maximum atomic E-state index is 13.2. The number of amides is 2. The lowest BCUT2D eigenvalue weighted by atomic mass is 10.3. The molecule has 1 aliphatic rings. The molecule has 2 rings (SSSR count). The van der Waals surface area contributed by atoms with Gasteiger partial charge in [-0.2, -0.15) is 13.2 Å². The summed E-state index contributed by atoms with van der Waals surface area (Å²) in [4.78, 5) is 11.5. The highest BCUT2D eigenvalue weighted by Crippen LogP contribution is 2.45. The monoisotopic (exact) mass is 324 g/mol. The normalized spacial score (nSPS) is 20.2. The second-order valence-electron chi connectivity index (χ2n) is 4.29. The first-order valence-corrected chi connectivity index (χ1v) is 6.45. The fourth-order valence-electron chi connectivity index (χ4n) is 1.65. The van der Waals surface area contributed by atoms with Gasteiger partial charge in [0.25, 0.3) is 0 Å². The number of rotatable bonds is 3. The molecule has 2 amide bonds. The lowest BCUT2D eigenvalue weighted by Gasteiger charge is -2.29. The molecule has 9 heteroatoms. The molecule has 0 unspecified atom stereocenters. The third-order valence-electron chi connectivity index (χ3n) is 2.60. The first kappa shape index (κ1) is 15.6. The van der Waals surface area contributed by atoms with Crippen LogP contribution in [0.3, 0.4) is 0 Å². The Hall–Kier alpha value is -1.83. The van der Waals surface area contributed by atoms with Gasteiger partial charge in [0.15, 0.2) is 11.5 Å². The number of carbonyl (C=O) groups is 1. The van der Waals surface area contributed by atoms with Crippen LogP contribution in [0.15, 0.2) is 18.2 Å². The van der Waals surface area contributed by atoms with Crippen LogP contribution in [0, 0.1) is 0 Å². The summed E-state index contributed by atoms with van der Waals surface area (Å²) in [6, 6.07) is 2.72. The van der Waals surface area contributed by atoms with Gasteiger partial charge in [0.2, 0.25) is 0 Å². The van der Waals surface area contributed by atoms with E-state index in [1.807, 2.05) is 0 Å². The number of hydrogen-bond acceptors (Lipinski definition) is 3. The Kier molecular flexibility index (Phi) is 4.08. The van der Waals surface area contributed by atoms with Gasteiger partial charge in [-0.3, -0.25) is 5.32 Å². The Bertz CT molecular complexity index is 553. The molecule has 0 saturated carbocycles. The van der Waals surface area contributed by atoms with E-state index < -0.39 is 18.1 Å². The van der Waals surface area contributed by atoms with Gasteiger partial charge in [0.05, 0.1) is 0 Å². The van der Waals surface area contributed by atoms with Crippen molar-refractivity contribution in [2.45, 2.75) is 25.4 Å². The molecular weight excluding hydrogens is 313 g/mol. The summed E-state index contributed by atoms with van der Waals surface area (Å²) in [5, 5.41) is 4.11. The van der Waals surface area contributed by atoms with Gasteiger partial charge in [-0.05, 0) is 18.6 Å². The van der Waals surface area contributed by atoms with Crippen LogP contribution >= 0.6 is 11.6 Å². The van der Waals surface area contributed by atoms with E-state index in [1.54, 1.807) is 12.2 Å². The Morgan fingerprint density at radius 3 is 2.62 bits per heavy atom. The molecule has 1 heterocycles. The van der Waals surface area contributed by atoms with Crippen molar-refractivity contribution in [1.82, 2.24) is 10.6 Å². The lowest BCUT2D eigenvalue weighted by Crippen LogP contribution is -2.66. The zero-order chi connectivity index (χ0) is 15.7. The zero-order valence-electron chi connectivity index (χ0n) is 10.9. The third-order valence-corrected chi connectivity index (χ3v) is 2.84. The highest BCUT2D eigenvalue weighted by Gasteiger charge is 2.65. The summed E-state index contributed by atoms with van der Waals surface area (Å²) in [5.41, 5.74) is 0. The fraction of sp³-hybridized carbons (Fsp3) is 0.417. The number of halogens is 4. The van der Waals surface area contributed by atoms with Crippen LogP contribution in [0.25, 0.3) is 0 Å². The van der Waals surface area contributed by atoms with Crippen molar-refractivity contribution in [3.8, 4) is 11.5 Å². The van der Waals surface area contributed by atoms with E-state index in [9.17, 15) is 18.0 Å². The molecule has 1 aromatic rings. The van der Waals surface area contributed by atoms with Crippen molar-refractivity contribution in [2.24, 2.45) is 0 Å². The Morgan fingerprint density at radius 2 is 2.00 bits per heavy atom. The van der Waals surface area contributed by atoms with E-state index in [4.69, 9.17) is 21.1 Å². The fourth-order valence-corrected chi connectivity index (χ4v) is 1.81. The molecule has 0 aliphatic carbocycles. The van der Waals surface area contributed by atoms with E-state index in [-0.39, 0.29) is 23.1 Å². The largest absolute Gasteiger partial charge is 0.492 e. The Balaban J connectivity index is 2.24. The molecule has 0 bridgehead atoms. The second-order valence-corrected chi connectivity index (χ2v) is 4.73. The summed E-state index contributed by atoms with van der Waals surface area (Å²) in [5.74, 6) is -3.62. The number of fused-ring (bicyclic) bond motifs is 1. The molecule has 1 atom stereocenters. The maximum Gasteiger partial charge on any atom is 0.492 e. The summed E-state index contributed by atoms with van der Waals surface area (Å²) in [6.07, 6.45) is -4.41. The van der Waals surface area contributed by atoms with E-state index in [0.717, 1.165) is 0 Å². The third kappa shape index (κ3) is 3.10. The van der Waals surface area contributed by atoms with E-state index >= 15 is 0 Å². The number of urea groups is 1. The lowest BCUT2D eigenvalue weighted by molar-refractivity contribution is -0.317. The van der Waals surface area contributed by atoms with E-state index in [2.05, 4.69) is 5.32 Å². The smallest absolute Gasteiger partial charge is 0.424 e. The van der Waals surface area contributed by atoms with Crippen LogP contribution in [0.2, 0.25) is 5.02 Å². The second kappa shape index (κ2) is 5.51. The van der Waals surface area contributed by atoms with Crippen molar-refractivity contribution >= 4 is 17.6 Å². The van der Waals surface area contributed by atoms with Crippen molar-refractivity contribution in [2.75, 3.05) is 6.54 Å². The van der Waals surface area contributed by atoms with Crippen molar-refractivity contribution in [3.63, 3.8) is 0 Å². The van der Waals surface area contributed by atoms with Crippen molar-refractivity contribution in [1.29, 1.82) is 0 Å². The summed E-state index contributed by atoms with van der Waals surface area (Å²) in [6.45, 7) is 1.98. The molecule has 0 radical (unpaired) electrons. The first-order valence-electron chi connectivity index (χ1n) is 6.08. The molecule has 2 N–H and O–H groups in total. The van der Waals surface area contributed by atoms with Crippen LogP contribution < -0.4 is 20.1 Å². The highest BCUT2D eigenvalue weighted by atomic mass is 35.5. The van der Waals surface area contributed by atoms with Crippen molar-refractivity contribution < 1.29 is 27.4 Å². The van der Waals surface area contributed by atoms with Gasteiger partial charge >= 0.3 is 18.1 Å². The SMILES string of the molecule is CCCNC(=O)N[C@@]1(C(F)(F)F)Oc2ccc(Cl)cc2O1. The number of carbonyl (C=O) groups excluding carboxylic acids is 1. The number of alkyl halides is 3. The number of benzene rings is 1. The molecule has 21 heavy (non-hydrogen) atoms. The zero-order valence-corrected chi connectivity index (χ0v) is 11.6. The average Bonchev–Trinajstić information content (AvgIpc) is 2.74. The maximum absolute atomic E-state index is 13.2. The predicted molar refractivity (Wildman–Crippen MR) is 68.3 cm³/mol. The first-order chi connectivity index (χ1) is 9.77. The minimum Gasteiger partial charge on any atom is -0.424 e. The summed E-state index contributed by atoms with van der Waals surface area (Å²) < 4.78 is 49.3. The van der Waals surface area contributed by atoms with Gasteiger partial charge in [-0.25, -0.2) is 4.79 Å².